The Bertz CT molecular complexity index is 861. The molecule has 0 aliphatic rings. The van der Waals surface area contributed by atoms with E-state index in [0.717, 1.165) is 41.3 Å². The first-order valence-electron chi connectivity index (χ1n) is 8.34. The Morgan fingerprint density at radius 3 is 2.08 bits per heavy atom. The van der Waals surface area contributed by atoms with Crippen molar-refractivity contribution in [2.24, 2.45) is 0 Å². The summed E-state index contributed by atoms with van der Waals surface area (Å²) in [5.41, 5.74) is 2.45. The molecule has 0 atom stereocenters. The van der Waals surface area contributed by atoms with E-state index in [2.05, 4.69) is 35.6 Å². The Morgan fingerprint density at radius 2 is 1.36 bits per heavy atom. The fourth-order valence-electron chi connectivity index (χ4n) is 3.09. The van der Waals surface area contributed by atoms with E-state index < -0.39 is 0 Å². The Balaban J connectivity index is 1.76. The van der Waals surface area contributed by atoms with Crippen molar-refractivity contribution in [3.05, 3.63) is 65.7 Å². The van der Waals surface area contributed by atoms with Gasteiger partial charge in [0.05, 0.1) is 21.3 Å². The van der Waals surface area contributed by atoms with Crippen molar-refractivity contribution >= 4 is 10.8 Å². The fourth-order valence-corrected chi connectivity index (χ4v) is 3.09. The molecule has 4 nitrogen and oxygen atoms in total. The third-order valence-corrected chi connectivity index (χ3v) is 4.42. The molecule has 4 heteroatoms. The molecule has 0 aliphatic carbocycles. The molecule has 0 unspecified atom stereocenters. The van der Waals surface area contributed by atoms with Gasteiger partial charge in [0.2, 0.25) is 0 Å². The number of quaternary nitrogens is 1. The van der Waals surface area contributed by atoms with Crippen LogP contribution >= 0.6 is 0 Å². The Kier molecular flexibility index (Phi) is 5.41. The van der Waals surface area contributed by atoms with Gasteiger partial charge in [-0.2, -0.15) is 0 Å². The molecular formula is C21H24NO3+. The van der Waals surface area contributed by atoms with Gasteiger partial charge in [-0.15, -0.1) is 0 Å². The molecule has 0 bridgehead atoms. The monoisotopic (exact) mass is 338 g/mol. The number of hydrogen-bond donors (Lipinski definition) is 1. The van der Waals surface area contributed by atoms with Gasteiger partial charge in [0.15, 0.2) is 0 Å². The van der Waals surface area contributed by atoms with E-state index in [1.54, 1.807) is 21.3 Å². The first kappa shape index (κ1) is 17.1. The molecule has 0 spiro atoms. The number of methoxy groups -OCH3 is 3. The molecule has 0 amide bonds. The van der Waals surface area contributed by atoms with Crippen molar-refractivity contribution in [2.45, 2.75) is 13.1 Å². The van der Waals surface area contributed by atoms with Crippen LogP contribution in [0.15, 0.2) is 54.6 Å². The quantitative estimate of drug-likeness (QED) is 0.720. The summed E-state index contributed by atoms with van der Waals surface area (Å²) >= 11 is 0. The molecule has 0 aliphatic heterocycles. The number of nitrogens with two attached hydrogens (primary N) is 1. The zero-order chi connectivity index (χ0) is 17.6. The lowest BCUT2D eigenvalue weighted by Gasteiger charge is -2.11. The highest BCUT2D eigenvalue weighted by Gasteiger charge is 2.09. The van der Waals surface area contributed by atoms with E-state index >= 15 is 0 Å². The van der Waals surface area contributed by atoms with Crippen LogP contribution in [0.2, 0.25) is 0 Å². The van der Waals surface area contributed by atoms with Crippen LogP contribution in [0.25, 0.3) is 10.8 Å². The number of hydrogen-bond acceptors (Lipinski definition) is 3. The van der Waals surface area contributed by atoms with Gasteiger partial charge in [0.1, 0.15) is 30.3 Å². The van der Waals surface area contributed by atoms with Crippen LogP contribution in [0.4, 0.5) is 0 Å². The van der Waals surface area contributed by atoms with Crippen LogP contribution in [-0.2, 0) is 13.1 Å². The largest absolute Gasteiger partial charge is 0.497 e. The molecule has 0 radical (unpaired) electrons. The molecule has 0 fully saturated rings. The summed E-state index contributed by atoms with van der Waals surface area (Å²) in [4.78, 5) is 0. The minimum absolute atomic E-state index is 0.807. The second kappa shape index (κ2) is 7.90. The minimum atomic E-state index is 0.807. The van der Waals surface area contributed by atoms with Gasteiger partial charge < -0.3 is 19.5 Å². The summed E-state index contributed by atoms with van der Waals surface area (Å²) in [6, 6.07) is 18.5. The summed E-state index contributed by atoms with van der Waals surface area (Å²) in [6.07, 6.45) is 0. The van der Waals surface area contributed by atoms with Crippen molar-refractivity contribution in [2.75, 3.05) is 21.3 Å². The van der Waals surface area contributed by atoms with Crippen LogP contribution in [-0.4, -0.2) is 21.3 Å². The van der Waals surface area contributed by atoms with Gasteiger partial charge in [0, 0.05) is 22.6 Å². The van der Waals surface area contributed by atoms with Crippen molar-refractivity contribution < 1.29 is 19.5 Å². The molecule has 130 valence electrons. The Labute approximate surface area is 148 Å². The van der Waals surface area contributed by atoms with Crippen LogP contribution in [0.5, 0.6) is 17.2 Å². The number of benzene rings is 3. The molecule has 3 aromatic carbocycles. The number of rotatable bonds is 7. The molecular weight excluding hydrogens is 314 g/mol. The van der Waals surface area contributed by atoms with Gasteiger partial charge >= 0.3 is 0 Å². The predicted octanol–water partition coefficient (Wildman–Crippen LogP) is 3.13. The summed E-state index contributed by atoms with van der Waals surface area (Å²) in [7, 11) is 5.06. The predicted molar refractivity (Wildman–Crippen MR) is 99.4 cm³/mol. The van der Waals surface area contributed by atoms with Gasteiger partial charge in [-0.3, -0.25) is 0 Å². The number of ether oxygens (including phenoxy) is 3. The van der Waals surface area contributed by atoms with E-state index in [-0.39, 0.29) is 0 Å². The van der Waals surface area contributed by atoms with Crippen molar-refractivity contribution in [3.8, 4) is 17.2 Å². The second-order valence-corrected chi connectivity index (χ2v) is 5.85. The van der Waals surface area contributed by atoms with Crippen LogP contribution < -0.4 is 19.5 Å². The zero-order valence-electron chi connectivity index (χ0n) is 14.9. The molecule has 3 rings (SSSR count). The standard InChI is InChI=1S/C21H23NO3/c1-23-17-10-8-16(21(12-17)25-3)14-22-13-15-9-11-20(24-2)19-7-5-4-6-18(15)19/h4-12,22H,13-14H2,1-3H3/p+1. The molecule has 0 saturated heterocycles. The number of fused-ring (bicyclic) bond motifs is 1. The summed E-state index contributed by atoms with van der Waals surface area (Å²) in [6.45, 7) is 1.73. The first-order valence-corrected chi connectivity index (χ1v) is 8.34. The molecule has 0 aromatic heterocycles. The smallest absolute Gasteiger partial charge is 0.131 e. The van der Waals surface area contributed by atoms with Gasteiger partial charge in [-0.05, 0) is 29.7 Å². The lowest BCUT2D eigenvalue weighted by atomic mass is 10.0. The first-order chi connectivity index (χ1) is 12.3. The van der Waals surface area contributed by atoms with E-state index in [1.165, 1.54) is 10.9 Å². The van der Waals surface area contributed by atoms with E-state index in [1.807, 2.05) is 24.3 Å². The van der Waals surface area contributed by atoms with Crippen LogP contribution in [0.1, 0.15) is 11.1 Å². The molecule has 3 aromatic rings. The second-order valence-electron chi connectivity index (χ2n) is 5.85. The highest BCUT2D eigenvalue weighted by atomic mass is 16.5. The topological polar surface area (TPSA) is 44.3 Å². The van der Waals surface area contributed by atoms with E-state index in [9.17, 15) is 0 Å². The molecule has 0 heterocycles. The van der Waals surface area contributed by atoms with Gasteiger partial charge in [0.25, 0.3) is 0 Å². The van der Waals surface area contributed by atoms with E-state index in [4.69, 9.17) is 14.2 Å². The van der Waals surface area contributed by atoms with Crippen molar-refractivity contribution in [1.82, 2.24) is 0 Å². The lowest BCUT2D eigenvalue weighted by molar-refractivity contribution is -0.686. The summed E-state index contributed by atoms with van der Waals surface area (Å²) in [5.74, 6) is 2.58. The molecule has 0 saturated carbocycles. The Morgan fingerprint density at radius 1 is 0.680 bits per heavy atom. The third kappa shape index (κ3) is 3.69. The van der Waals surface area contributed by atoms with Crippen molar-refractivity contribution in [3.63, 3.8) is 0 Å². The molecule has 2 N–H and O–H groups in total. The maximum absolute atomic E-state index is 5.47. The summed E-state index contributed by atoms with van der Waals surface area (Å²) < 4.78 is 16.2. The summed E-state index contributed by atoms with van der Waals surface area (Å²) in [5, 5.41) is 4.66. The maximum atomic E-state index is 5.47. The normalized spacial score (nSPS) is 10.7. The van der Waals surface area contributed by atoms with Gasteiger partial charge in [-0.25, -0.2) is 0 Å². The van der Waals surface area contributed by atoms with Crippen LogP contribution in [0, 0.1) is 0 Å². The fraction of sp³-hybridized carbons (Fsp3) is 0.238. The SMILES string of the molecule is COc1ccc(C[NH2+]Cc2ccc(OC)c3ccccc23)c(OC)c1. The average Bonchev–Trinajstić information content (AvgIpc) is 2.68. The average molecular weight is 338 g/mol. The van der Waals surface area contributed by atoms with E-state index in [0.29, 0.717) is 0 Å². The van der Waals surface area contributed by atoms with Crippen molar-refractivity contribution in [1.29, 1.82) is 0 Å². The molecule has 25 heavy (non-hydrogen) atoms. The Hall–Kier alpha value is -2.72. The lowest BCUT2D eigenvalue weighted by Crippen LogP contribution is -2.80. The van der Waals surface area contributed by atoms with Crippen LogP contribution in [0.3, 0.4) is 0 Å². The highest BCUT2D eigenvalue weighted by Crippen LogP contribution is 2.28. The third-order valence-electron chi connectivity index (χ3n) is 4.42. The van der Waals surface area contributed by atoms with Gasteiger partial charge in [-0.1, -0.05) is 24.3 Å². The minimum Gasteiger partial charge on any atom is -0.497 e. The maximum Gasteiger partial charge on any atom is 0.131 e. The highest BCUT2D eigenvalue weighted by molar-refractivity contribution is 5.90. The zero-order valence-corrected chi connectivity index (χ0v) is 14.9.